The average Bonchev–Trinajstić information content (AvgIpc) is 3.53. The number of urea groups is 1. The highest BCUT2D eigenvalue weighted by molar-refractivity contribution is 7.09. The van der Waals surface area contributed by atoms with Crippen molar-refractivity contribution in [3.63, 3.8) is 0 Å². The summed E-state index contributed by atoms with van der Waals surface area (Å²) in [5.41, 5.74) is 2.77. The fraction of sp³-hybridized carbons (Fsp3) is 0.333. The number of benzene rings is 2. The summed E-state index contributed by atoms with van der Waals surface area (Å²) < 4.78 is 13.4. The predicted molar refractivity (Wildman–Crippen MR) is 134 cm³/mol. The van der Waals surface area contributed by atoms with Crippen molar-refractivity contribution in [2.75, 3.05) is 11.9 Å². The topological polar surface area (TPSA) is 52.7 Å². The molecule has 34 heavy (non-hydrogen) atoms. The Morgan fingerprint density at radius 3 is 2.32 bits per heavy atom. The van der Waals surface area contributed by atoms with Crippen molar-refractivity contribution < 1.29 is 14.0 Å². The highest BCUT2D eigenvalue weighted by Gasteiger charge is 2.35. The first kappa shape index (κ1) is 24.0. The van der Waals surface area contributed by atoms with E-state index in [0.717, 1.165) is 23.3 Å². The van der Waals surface area contributed by atoms with Crippen LogP contribution in [0, 0.1) is 5.82 Å². The molecule has 1 aromatic heterocycles. The van der Waals surface area contributed by atoms with Crippen LogP contribution >= 0.6 is 11.3 Å². The van der Waals surface area contributed by atoms with E-state index in [-0.39, 0.29) is 30.3 Å². The van der Waals surface area contributed by atoms with Crippen molar-refractivity contribution in [3.05, 3.63) is 87.9 Å². The molecule has 178 valence electrons. The molecule has 3 amide bonds. The van der Waals surface area contributed by atoms with Gasteiger partial charge in [-0.05, 0) is 65.6 Å². The van der Waals surface area contributed by atoms with Crippen molar-refractivity contribution in [1.82, 2.24) is 9.80 Å². The van der Waals surface area contributed by atoms with E-state index in [1.54, 1.807) is 33.3 Å². The molecule has 1 fully saturated rings. The Labute approximate surface area is 204 Å². The quantitative estimate of drug-likeness (QED) is 0.395. The lowest BCUT2D eigenvalue weighted by atomic mass is 10.0. The molecule has 0 atom stereocenters. The molecule has 0 aliphatic heterocycles. The van der Waals surface area contributed by atoms with Gasteiger partial charge in [-0.25, -0.2) is 9.18 Å². The zero-order chi connectivity index (χ0) is 24.1. The van der Waals surface area contributed by atoms with Crippen LogP contribution in [0.1, 0.15) is 48.6 Å². The third-order valence-electron chi connectivity index (χ3n) is 5.95. The van der Waals surface area contributed by atoms with E-state index in [0.29, 0.717) is 24.7 Å². The van der Waals surface area contributed by atoms with Crippen LogP contribution < -0.4 is 5.32 Å². The van der Waals surface area contributed by atoms with Crippen molar-refractivity contribution in [2.24, 2.45) is 0 Å². The highest BCUT2D eigenvalue weighted by atomic mass is 32.1. The first-order valence-electron chi connectivity index (χ1n) is 11.6. The van der Waals surface area contributed by atoms with Gasteiger partial charge in [0.1, 0.15) is 12.4 Å². The molecule has 4 rings (SSSR count). The maximum atomic E-state index is 13.4. The number of hydrogen-bond donors (Lipinski definition) is 1. The Morgan fingerprint density at radius 2 is 1.74 bits per heavy atom. The van der Waals surface area contributed by atoms with Crippen molar-refractivity contribution in [1.29, 1.82) is 0 Å². The Balaban J connectivity index is 1.45. The minimum absolute atomic E-state index is 0.00709. The van der Waals surface area contributed by atoms with Gasteiger partial charge in [0.2, 0.25) is 5.91 Å². The third kappa shape index (κ3) is 6.44. The minimum atomic E-state index is -0.308. The molecule has 2 aromatic carbocycles. The number of nitrogens with zero attached hydrogens (tertiary/aromatic N) is 2. The molecule has 5 nitrogen and oxygen atoms in total. The molecule has 1 N–H and O–H groups in total. The normalized spacial score (nSPS) is 13.1. The van der Waals surface area contributed by atoms with E-state index in [1.165, 1.54) is 17.7 Å². The van der Waals surface area contributed by atoms with Crippen LogP contribution in [-0.4, -0.2) is 34.3 Å². The first-order valence-corrected chi connectivity index (χ1v) is 12.5. The number of amides is 3. The third-order valence-corrected chi connectivity index (χ3v) is 6.81. The first-order chi connectivity index (χ1) is 16.4. The van der Waals surface area contributed by atoms with Gasteiger partial charge in [0.25, 0.3) is 0 Å². The maximum absolute atomic E-state index is 13.4. The van der Waals surface area contributed by atoms with E-state index in [1.807, 2.05) is 41.8 Å². The molecule has 3 aromatic rings. The number of anilines is 1. The summed E-state index contributed by atoms with van der Waals surface area (Å²) >= 11 is 1.58. The molecule has 0 spiro atoms. The van der Waals surface area contributed by atoms with E-state index in [2.05, 4.69) is 19.2 Å². The monoisotopic (exact) mass is 479 g/mol. The molecule has 1 aliphatic carbocycles. The standard InChI is InChI=1S/C27H30FN3O2S/c1-19(2)21-7-11-23(12-8-21)29-27(33)31(24-13-14-24)18-26(32)30(17-25-4-3-15-34-25)16-20-5-9-22(28)10-6-20/h3-12,15,19,24H,13-14,16-18H2,1-2H3,(H,29,33). The number of hydrogen-bond acceptors (Lipinski definition) is 3. The van der Waals surface area contributed by atoms with Crippen LogP contribution in [0.25, 0.3) is 0 Å². The van der Waals surface area contributed by atoms with Gasteiger partial charge in [-0.15, -0.1) is 11.3 Å². The van der Waals surface area contributed by atoms with Gasteiger partial charge in [-0.1, -0.05) is 44.2 Å². The summed E-state index contributed by atoms with van der Waals surface area (Å²) in [6.45, 7) is 5.06. The smallest absolute Gasteiger partial charge is 0.322 e. The van der Waals surface area contributed by atoms with Gasteiger partial charge in [0.05, 0.1) is 6.54 Å². The summed E-state index contributed by atoms with van der Waals surface area (Å²) in [6, 6.07) is 17.8. The zero-order valence-corrected chi connectivity index (χ0v) is 20.4. The van der Waals surface area contributed by atoms with Crippen molar-refractivity contribution in [2.45, 2.75) is 51.7 Å². The van der Waals surface area contributed by atoms with Gasteiger partial charge in [-0.3, -0.25) is 4.79 Å². The molecule has 0 radical (unpaired) electrons. The second kappa shape index (κ2) is 10.8. The zero-order valence-electron chi connectivity index (χ0n) is 19.5. The van der Waals surface area contributed by atoms with Crippen molar-refractivity contribution in [3.8, 4) is 0 Å². The molecule has 7 heteroatoms. The van der Waals surface area contributed by atoms with Gasteiger partial charge in [-0.2, -0.15) is 0 Å². The molecular formula is C27H30FN3O2S. The second-order valence-corrected chi connectivity index (χ2v) is 10.1. The summed E-state index contributed by atoms with van der Waals surface area (Å²) in [6.07, 6.45) is 1.80. The second-order valence-electron chi connectivity index (χ2n) is 9.02. The van der Waals surface area contributed by atoms with Crippen LogP contribution in [-0.2, 0) is 17.9 Å². The molecule has 0 bridgehead atoms. The van der Waals surface area contributed by atoms with Gasteiger partial charge in [0, 0.05) is 23.2 Å². The van der Waals surface area contributed by atoms with E-state index >= 15 is 0 Å². The Kier molecular flexibility index (Phi) is 7.63. The highest BCUT2D eigenvalue weighted by Crippen LogP contribution is 2.28. The van der Waals surface area contributed by atoms with Crippen LogP contribution in [0.5, 0.6) is 0 Å². The van der Waals surface area contributed by atoms with Crippen molar-refractivity contribution >= 4 is 29.0 Å². The van der Waals surface area contributed by atoms with Crippen LogP contribution in [0.15, 0.2) is 66.0 Å². The summed E-state index contributed by atoms with van der Waals surface area (Å²) in [4.78, 5) is 30.9. The summed E-state index contributed by atoms with van der Waals surface area (Å²) in [7, 11) is 0. The number of halogens is 1. The number of nitrogens with one attached hydrogen (secondary N) is 1. The maximum Gasteiger partial charge on any atom is 0.322 e. The SMILES string of the molecule is CC(C)c1ccc(NC(=O)N(CC(=O)N(Cc2ccc(F)cc2)Cc2cccs2)C2CC2)cc1. The lowest BCUT2D eigenvalue weighted by molar-refractivity contribution is -0.133. The van der Waals surface area contributed by atoms with Crippen LogP contribution in [0.4, 0.5) is 14.9 Å². The van der Waals surface area contributed by atoms with Gasteiger partial charge >= 0.3 is 6.03 Å². The van der Waals surface area contributed by atoms with Gasteiger partial charge < -0.3 is 15.1 Å². The Bertz CT molecular complexity index is 1090. The number of carbonyl (C=O) groups excluding carboxylic acids is 2. The predicted octanol–water partition coefficient (Wildman–Crippen LogP) is 6.24. The Hall–Kier alpha value is -3.19. The van der Waals surface area contributed by atoms with E-state index < -0.39 is 0 Å². The van der Waals surface area contributed by atoms with E-state index in [4.69, 9.17) is 0 Å². The van der Waals surface area contributed by atoms with Gasteiger partial charge in [0.15, 0.2) is 0 Å². The van der Waals surface area contributed by atoms with E-state index in [9.17, 15) is 14.0 Å². The largest absolute Gasteiger partial charge is 0.332 e. The summed E-state index contributed by atoms with van der Waals surface area (Å²) in [5, 5.41) is 4.93. The average molecular weight is 480 g/mol. The minimum Gasteiger partial charge on any atom is -0.332 e. The molecule has 0 saturated heterocycles. The molecule has 1 aliphatic rings. The Morgan fingerprint density at radius 1 is 1.03 bits per heavy atom. The lowest BCUT2D eigenvalue weighted by Gasteiger charge is -2.28. The fourth-order valence-electron chi connectivity index (χ4n) is 3.78. The lowest BCUT2D eigenvalue weighted by Crippen LogP contribution is -2.45. The fourth-order valence-corrected chi connectivity index (χ4v) is 4.50. The molecule has 0 unspecified atom stereocenters. The number of carbonyl (C=O) groups is 2. The molecular weight excluding hydrogens is 449 g/mol. The number of rotatable bonds is 9. The van der Waals surface area contributed by atoms with Crippen LogP contribution in [0.3, 0.4) is 0 Å². The van der Waals surface area contributed by atoms with Crippen LogP contribution in [0.2, 0.25) is 0 Å². The molecule has 1 saturated carbocycles. The number of thiophene rings is 1. The summed E-state index contributed by atoms with van der Waals surface area (Å²) in [5.74, 6) is -0.0198. The molecule has 1 heterocycles.